The molecule has 2 saturated heterocycles. The van der Waals surface area contributed by atoms with Gasteiger partial charge in [-0.05, 0) is 38.3 Å². The number of likely N-dealkylation sites (tertiary alicyclic amines) is 1. The first-order valence-corrected chi connectivity index (χ1v) is 10.9. The zero-order valence-corrected chi connectivity index (χ0v) is 17.6. The van der Waals surface area contributed by atoms with Gasteiger partial charge in [0.2, 0.25) is 5.91 Å². The summed E-state index contributed by atoms with van der Waals surface area (Å²) in [6, 6.07) is 9.38. The first-order valence-electron chi connectivity index (χ1n) is 10.9. The zero-order valence-electron chi connectivity index (χ0n) is 17.6. The van der Waals surface area contributed by atoms with E-state index in [9.17, 15) is 9.90 Å². The highest BCUT2D eigenvalue weighted by atomic mass is 16.5. The predicted molar refractivity (Wildman–Crippen MR) is 117 cm³/mol. The molecule has 4 heterocycles. The Labute approximate surface area is 180 Å². The first kappa shape index (κ1) is 19.8. The fourth-order valence-electron chi connectivity index (χ4n) is 4.44. The number of aromatic hydroxyl groups is 1. The minimum absolute atomic E-state index is 0.0255. The fraction of sp³-hybridized carbons (Fsp3) is 0.435. The number of piperidine rings is 1. The Hall–Kier alpha value is -3.13. The Kier molecular flexibility index (Phi) is 5.23. The molecule has 31 heavy (non-hydrogen) atoms. The number of rotatable bonds is 4. The van der Waals surface area contributed by atoms with Gasteiger partial charge in [-0.25, -0.2) is 4.98 Å². The van der Waals surface area contributed by atoms with E-state index >= 15 is 0 Å². The van der Waals surface area contributed by atoms with E-state index in [1.807, 2.05) is 34.5 Å². The zero-order chi connectivity index (χ0) is 21.4. The number of anilines is 1. The van der Waals surface area contributed by atoms with Gasteiger partial charge in [-0.15, -0.1) is 0 Å². The molecular weight excluding hydrogens is 394 g/mol. The number of aromatic nitrogens is 3. The van der Waals surface area contributed by atoms with Crippen LogP contribution in [-0.2, 0) is 9.53 Å². The number of nitrogens with one attached hydrogen (secondary N) is 1. The molecule has 0 spiro atoms. The van der Waals surface area contributed by atoms with Gasteiger partial charge in [0.15, 0.2) is 5.65 Å². The number of hydrogen-bond donors (Lipinski definition) is 2. The summed E-state index contributed by atoms with van der Waals surface area (Å²) in [5, 5.41) is 18.4. The second-order valence-electron chi connectivity index (χ2n) is 8.41. The fourth-order valence-corrected chi connectivity index (χ4v) is 4.44. The number of phenols is 1. The predicted octanol–water partition coefficient (Wildman–Crippen LogP) is 2.85. The molecule has 162 valence electrons. The number of nitrogens with zero attached hydrogens (tertiary/aromatic N) is 4. The van der Waals surface area contributed by atoms with Gasteiger partial charge in [0, 0.05) is 42.9 Å². The third-order valence-corrected chi connectivity index (χ3v) is 6.27. The van der Waals surface area contributed by atoms with Crippen LogP contribution in [0.25, 0.3) is 16.9 Å². The Morgan fingerprint density at radius 1 is 1.23 bits per heavy atom. The topological polar surface area (TPSA) is 92.0 Å². The summed E-state index contributed by atoms with van der Waals surface area (Å²) in [4.78, 5) is 19.4. The van der Waals surface area contributed by atoms with Gasteiger partial charge in [0.05, 0.1) is 24.4 Å². The first-order chi connectivity index (χ1) is 15.1. The molecule has 3 aromatic rings. The maximum absolute atomic E-state index is 12.7. The van der Waals surface area contributed by atoms with E-state index in [0.29, 0.717) is 24.5 Å². The van der Waals surface area contributed by atoms with Crippen LogP contribution in [0.1, 0.15) is 24.8 Å². The number of phenolic OH excluding ortho intramolecular Hbond substituents is 1. The van der Waals surface area contributed by atoms with E-state index < -0.39 is 0 Å². The summed E-state index contributed by atoms with van der Waals surface area (Å²) in [6.45, 7) is 4.71. The lowest BCUT2D eigenvalue weighted by Crippen LogP contribution is -2.45. The summed E-state index contributed by atoms with van der Waals surface area (Å²) in [6.07, 6.45) is 4.37. The van der Waals surface area contributed by atoms with E-state index in [4.69, 9.17) is 9.72 Å². The highest BCUT2D eigenvalue weighted by molar-refractivity contribution is 5.79. The van der Waals surface area contributed by atoms with Crippen LogP contribution in [0.5, 0.6) is 5.75 Å². The van der Waals surface area contributed by atoms with Crippen LogP contribution in [0.2, 0.25) is 0 Å². The van der Waals surface area contributed by atoms with Gasteiger partial charge in [-0.2, -0.15) is 9.61 Å². The second kappa shape index (κ2) is 8.19. The van der Waals surface area contributed by atoms with Gasteiger partial charge in [0.25, 0.3) is 0 Å². The number of ether oxygens (including phenoxy) is 1. The average Bonchev–Trinajstić information content (AvgIpc) is 3.45. The number of carbonyl (C=O) groups is 1. The molecule has 0 bridgehead atoms. The van der Waals surface area contributed by atoms with Crippen LogP contribution < -0.4 is 5.32 Å². The maximum Gasteiger partial charge on any atom is 0.228 e. The highest BCUT2D eigenvalue weighted by Gasteiger charge is 2.30. The number of hydrogen-bond acceptors (Lipinski definition) is 6. The van der Waals surface area contributed by atoms with E-state index in [1.165, 1.54) is 0 Å². The van der Waals surface area contributed by atoms with Gasteiger partial charge in [-0.1, -0.05) is 12.1 Å². The van der Waals surface area contributed by atoms with Gasteiger partial charge >= 0.3 is 0 Å². The molecular formula is C23H27N5O3. The molecule has 1 unspecified atom stereocenters. The van der Waals surface area contributed by atoms with Gasteiger partial charge in [0.1, 0.15) is 11.6 Å². The Morgan fingerprint density at radius 3 is 2.77 bits per heavy atom. The van der Waals surface area contributed by atoms with Crippen molar-refractivity contribution in [2.75, 3.05) is 31.6 Å². The lowest BCUT2D eigenvalue weighted by atomic mass is 10.0. The minimum atomic E-state index is 0.0255. The van der Waals surface area contributed by atoms with Crippen LogP contribution in [-0.4, -0.2) is 62.9 Å². The molecule has 2 aliphatic heterocycles. The molecule has 5 rings (SSSR count). The Bertz CT molecular complexity index is 1100. The molecule has 1 amide bonds. The van der Waals surface area contributed by atoms with Crippen LogP contribution in [0, 0.1) is 12.8 Å². The van der Waals surface area contributed by atoms with Crippen LogP contribution >= 0.6 is 0 Å². The molecule has 2 aliphatic rings. The Morgan fingerprint density at radius 2 is 2.03 bits per heavy atom. The lowest BCUT2D eigenvalue weighted by molar-refractivity contribution is -0.136. The van der Waals surface area contributed by atoms with Gasteiger partial charge < -0.3 is 20.1 Å². The molecule has 8 nitrogen and oxygen atoms in total. The van der Waals surface area contributed by atoms with Crippen LogP contribution in [0.4, 0.5) is 5.82 Å². The summed E-state index contributed by atoms with van der Waals surface area (Å²) in [7, 11) is 0. The van der Waals surface area contributed by atoms with E-state index in [-0.39, 0.29) is 23.6 Å². The third-order valence-electron chi connectivity index (χ3n) is 6.27. The highest BCUT2D eigenvalue weighted by Crippen LogP contribution is 2.31. The molecule has 2 fully saturated rings. The SMILES string of the molecule is Cc1cnn2c(NC3CCN(C(=O)C4CCOC4)CC3)cc(-c3ccccc3O)nc12. The molecule has 1 atom stereocenters. The molecule has 0 saturated carbocycles. The quantitative estimate of drug-likeness (QED) is 0.673. The average molecular weight is 422 g/mol. The smallest absolute Gasteiger partial charge is 0.228 e. The Balaban J connectivity index is 1.36. The van der Waals surface area contributed by atoms with Crippen molar-refractivity contribution in [3.63, 3.8) is 0 Å². The number of fused-ring (bicyclic) bond motifs is 1. The van der Waals surface area contributed by atoms with Crippen molar-refractivity contribution in [2.45, 2.75) is 32.2 Å². The number of amides is 1. The number of aryl methyl sites for hydroxylation is 1. The molecule has 2 aromatic heterocycles. The summed E-state index contributed by atoms with van der Waals surface area (Å²) in [5.41, 5.74) is 3.12. The largest absolute Gasteiger partial charge is 0.507 e. The van der Waals surface area contributed by atoms with Crippen molar-refractivity contribution in [1.29, 1.82) is 0 Å². The van der Waals surface area contributed by atoms with Crippen LogP contribution in [0.15, 0.2) is 36.5 Å². The molecule has 2 N–H and O–H groups in total. The number of para-hydroxylation sites is 1. The maximum atomic E-state index is 12.7. The molecule has 0 aliphatic carbocycles. The lowest BCUT2D eigenvalue weighted by Gasteiger charge is -2.34. The van der Waals surface area contributed by atoms with E-state index in [0.717, 1.165) is 49.4 Å². The minimum Gasteiger partial charge on any atom is -0.507 e. The van der Waals surface area contributed by atoms with Crippen molar-refractivity contribution >= 4 is 17.4 Å². The molecule has 8 heteroatoms. The molecule has 0 radical (unpaired) electrons. The van der Waals surface area contributed by atoms with Crippen molar-refractivity contribution in [3.05, 3.63) is 42.1 Å². The van der Waals surface area contributed by atoms with E-state index in [2.05, 4.69) is 10.4 Å². The number of benzene rings is 1. The van der Waals surface area contributed by atoms with Crippen molar-refractivity contribution in [3.8, 4) is 17.0 Å². The number of carbonyl (C=O) groups excluding carboxylic acids is 1. The third kappa shape index (κ3) is 3.83. The van der Waals surface area contributed by atoms with E-state index in [1.54, 1.807) is 18.3 Å². The molecule has 1 aromatic carbocycles. The van der Waals surface area contributed by atoms with Crippen LogP contribution in [0.3, 0.4) is 0 Å². The summed E-state index contributed by atoms with van der Waals surface area (Å²) < 4.78 is 7.19. The van der Waals surface area contributed by atoms with Crippen molar-refractivity contribution in [2.24, 2.45) is 5.92 Å². The van der Waals surface area contributed by atoms with Crippen molar-refractivity contribution in [1.82, 2.24) is 19.5 Å². The summed E-state index contributed by atoms with van der Waals surface area (Å²) in [5.74, 6) is 1.29. The van der Waals surface area contributed by atoms with Gasteiger partial charge in [-0.3, -0.25) is 4.79 Å². The standard InChI is InChI=1S/C23H27N5O3/c1-15-13-24-28-21(12-19(26-22(15)28)18-4-2-3-5-20(18)29)25-17-6-9-27(10-7-17)23(30)16-8-11-31-14-16/h2-5,12-13,16-17,25,29H,6-11,14H2,1H3. The monoisotopic (exact) mass is 421 g/mol. The summed E-state index contributed by atoms with van der Waals surface area (Å²) >= 11 is 0. The normalized spacial score (nSPS) is 19.8. The van der Waals surface area contributed by atoms with Crippen molar-refractivity contribution < 1.29 is 14.6 Å². The second-order valence-corrected chi connectivity index (χ2v) is 8.41.